The molecule has 0 saturated carbocycles. The second-order valence-corrected chi connectivity index (χ2v) is 8.08. The number of halogens is 1. The molecule has 1 aliphatic heterocycles. The largest absolute Gasteiger partial charge is 0.488 e. The minimum Gasteiger partial charge on any atom is -0.488 e. The molecule has 1 fully saturated rings. The average molecular weight is 493 g/mol. The molecule has 0 aromatic heterocycles. The normalized spacial score (nSPS) is 15.1. The molecule has 2 aromatic rings. The second-order valence-electron chi connectivity index (χ2n) is 6.23. The van der Waals surface area contributed by atoms with Gasteiger partial charge in [-0.2, -0.15) is 0 Å². The SMILES string of the molecule is COCCN1C(=O)S/C(=C/c2ccc(OCc3cccc([N+](=O)[O-])c3)c(Br)c2)C1=O. The Bertz CT molecular complexity index is 1030. The van der Waals surface area contributed by atoms with Gasteiger partial charge in [0.15, 0.2) is 0 Å². The van der Waals surface area contributed by atoms with Crippen molar-refractivity contribution in [3.8, 4) is 5.75 Å². The number of imide groups is 1. The van der Waals surface area contributed by atoms with E-state index in [1.807, 2.05) is 0 Å². The Morgan fingerprint density at radius 1 is 1.23 bits per heavy atom. The predicted molar refractivity (Wildman–Crippen MR) is 116 cm³/mol. The van der Waals surface area contributed by atoms with Crippen LogP contribution in [0, 0.1) is 10.1 Å². The molecule has 0 unspecified atom stereocenters. The van der Waals surface area contributed by atoms with Crippen LogP contribution in [0.5, 0.6) is 5.75 Å². The molecule has 3 rings (SSSR count). The van der Waals surface area contributed by atoms with E-state index < -0.39 is 4.92 Å². The third-order valence-electron chi connectivity index (χ3n) is 4.16. The lowest BCUT2D eigenvalue weighted by Crippen LogP contribution is -2.31. The highest BCUT2D eigenvalue weighted by Gasteiger charge is 2.34. The summed E-state index contributed by atoms with van der Waals surface area (Å²) in [5.74, 6) is 0.205. The number of nitro benzene ring substituents is 1. The van der Waals surface area contributed by atoms with Crippen LogP contribution < -0.4 is 4.74 Å². The lowest BCUT2D eigenvalue weighted by molar-refractivity contribution is -0.384. The number of hydrogen-bond acceptors (Lipinski definition) is 7. The highest BCUT2D eigenvalue weighted by Crippen LogP contribution is 2.34. The molecule has 30 heavy (non-hydrogen) atoms. The Labute approximate surface area is 185 Å². The number of carbonyl (C=O) groups is 2. The molecule has 0 N–H and O–H groups in total. The van der Waals surface area contributed by atoms with Gasteiger partial charge in [-0.25, -0.2) is 0 Å². The quantitative estimate of drug-likeness (QED) is 0.301. The van der Waals surface area contributed by atoms with Crippen molar-refractivity contribution in [1.29, 1.82) is 0 Å². The van der Waals surface area contributed by atoms with Crippen LogP contribution >= 0.6 is 27.7 Å². The van der Waals surface area contributed by atoms with Gasteiger partial charge in [0.2, 0.25) is 0 Å². The minimum atomic E-state index is -0.453. The third kappa shape index (κ3) is 5.26. The number of benzene rings is 2. The van der Waals surface area contributed by atoms with Gasteiger partial charge in [-0.05, 0) is 57.0 Å². The monoisotopic (exact) mass is 492 g/mol. The predicted octanol–water partition coefficient (Wildman–Crippen LogP) is 4.62. The lowest BCUT2D eigenvalue weighted by Gasteiger charge is -2.11. The standard InChI is InChI=1S/C20H17BrN2O6S/c1-28-8-7-22-19(24)18(30-20(22)25)11-13-5-6-17(16(21)10-13)29-12-14-3-2-4-15(9-14)23(26)27/h2-6,9-11H,7-8,12H2,1H3/b18-11+. The molecule has 1 aliphatic rings. The number of hydrogen-bond donors (Lipinski definition) is 0. The van der Waals surface area contributed by atoms with Crippen molar-refractivity contribution in [2.45, 2.75) is 6.61 Å². The summed E-state index contributed by atoms with van der Waals surface area (Å²) in [4.78, 5) is 36.3. The summed E-state index contributed by atoms with van der Waals surface area (Å²) in [6.45, 7) is 0.665. The fourth-order valence-corrected chi connectivity index (χ4v) is 4.05. The zero-order chi connectivity index (χ0) is 21.7. The molecule has 0 bridgehead atoms. The number of thioether (sulfide) groups is 1. The molecule has 0 radical (unpaired) electrons. The maximum Gasteiger partial charge on any atom is 0.293 e. The van der Waals surface area contributed by atoms with Crippen molar-refractivity contribution in [2.75, 3.05) is 20.3 Å². The van der Waals surface area contributed by atoms with Crippen molar-refractivity contribution >= 4 is 50.6 Å². The maximum absolute atomic E-state index is 12.4. The Kier molecular flexibility index (Phi) is 7.24. The first-order valence-electron chi connectivity index (χ1n) is 8.79. The van der Waals surface area contributed by atoms with E-state index >= 15 is 0 Å². The van der Waals surface area contributed by atoms with Gasteiger partial charge in [-0.1, -0.05) is 18.2 Å². The van der Waals surface area contributed by atoms with E-state index in [0.29, 0.717) is 20.7 Å². The molecule has 156 valence electrons. The Hall–Kier alpha value is -2.69. The van der Waals surface area contributed by atoms with Crippen LogP contribution in [-0.4, -0.2) is 41.2 Å². The first-order chi connectivity index (χ1) is 14.4. The zero-order valence-electron chi connectivity index (χ0n) is 15.9. The molecular formula is C20H17BrN2O6S. The van der Waals surface area contributed by atoms with Crippen LogP contribution in [0.2, 0.25) is 0 Å². The van der Waals surface area contributed by atoms with Crippen LogP contribution in [0.15, 0.2) is 51.8 Å². The molecule has 1 heterocycles. The molecule has 0 atom stereocenters. The van der Waals surface area contributed by atoms with Crippen molar-refractivity contribution in [2.24, 2.45) is 0 Å². The van der Waals surface area contributed by atoms with Gasteiger partial charge in [0, 0.05) is 19.2 Å². The van der Waals surface area contributed by atoms with Crippen molar-refractivity contribution in [1.82, 2.24) is 4.90 Å². The van der Waals surface area contributed by atoms with Gasteiger partial charge in [0.1, 0.15) is 12.4 Å². The molecular weight excluding hydrogens is 476 g/mol. The van der Waals surface area contributed by atoms with Crippen LogP contribution in [0.25, 0.3) is 6.08 Å². The summed E-state index contributed by atoms with van der Waals surface area (Å²) >= 11 is 4.32. The summed E-state index contributed by atoms with van der Waals surface area (Å²) < 4.78 is 11.3. The fraction of sp³-hybridized carbons (Fsp3) is 0.200. The van der Waals surface area contributed by atoms with E-state index in [1.54, 1.807) is 36.4 Å². The van der Waals surface area contributed by atoms with Crippen LogP contribution in [-0.2, 0) is 16.1 Å². The van der Waals surface area contributed by atoms with Gasteiger partial charge in [0.25, 0.3) is 16.8 Å². The fourth-order valence-electron chi connectivity index (χ4n) is 2.67. The molecule has 2 aromatic carbocycles. The Morgan fingerprint density at radius 3 is 2.73 bits per heavy atom. The summed E-state index contributed by atoms with van der Waals surface area (Å²) in [5.41, 5.74) is 1.40. The smallest absolute Gasteiger partial charge is 0.293 e. The number of nitro groups is 1. The highest BCUT2D eigenvalue weighted by molar-refractivity contribution is 9.10. The number of nitrogens with zero attached hydrogens (tertiary/aromatic N) is 2. The third-order valence-corrected chi connectivity index (χ3v) is 5.69. The maximum atomic E-state index is 12.4. The molecule has 8 nitrogen and oxygen atoms in total. The second kappa shape index (κ2) is 9.88. The highest BCUT2D eigenvalue weighted by atomic mass is 79.9. The first kappa shape index (κ1) is 22.0. The molecule has 1 saturated heterocycles. The molecule has 10 heteroatoms. The number of non-ortho nitro benzene ring substituents is 1. The average Bonchev–Trinajstić information content (AvgIpc) is 2.98. The number of methoxy groups -OCH3 is 1. The van der Waals surface area contributed by atoms with Crippen molar-refractivity contribution in [3.63, 3.8) is 0 Å². The minimum absolute atomic E-state index is 0.00459. The van der Waals surface area contributed by atoms with E-state index in [9.17, 15) is 19.7 Å². The van der Waals surface area contributed by atoms with Gasteiger partial charge >= 0.3 is 0 Å². The molecule has 0 aliphatic carbocycles. The number of ether oxygens (including phenoxy) is 2. The Balaban J connectivity index is 1.69. The summed E-state index contributed by atoms with van der Waals surface area (Å²) in [7, 11) is 1.51. The van der Waals surface area contributed by atoms with E-state index in [0.717, 1.165) is 22.2 Å². The van der Waals surface area contributed by atoms with Gasteiger partial charge in [0.05, 0.1) is 27.5 Å². The van der Waals surface area contributed by atoms with Crippen molar-refractivity contribution in [3.05, 3.63) is 73.1 Å². The van der Waals surface area contributed by atoms with Crippen LogP contribution in [0.4, 0.5) is 10.5 Å². The first-order valence-corrected chi connectivity index (χ1v) is 10.4. The van der Waals surface area contributed by atoms with Crippen LogP contribution in [0.1, 0.15) is 11.1 Å². The van der Waals surface area contributed by atoms with E-state index in [4.69, 9.17) is 9.47 Å². The van der Waals surface area contributed by atoms with Gasteiger partial charge in [-0.3, -0.25) is 24.6 Å². The molecule has 2 amide bonds. The zero-order valence-corrected chi connectivity index (χ0v) is 18.3. The lowest BCUT2D eigenvalue weighted by atomic mass is 10.2. The number of carbonyl (C=O) groups excluding carboxylic acids is 2. The summed E-state index contributed by atoms with van der Waals surface area (Å²) in [6.07, 6.45) is 1.65. The summed E-state index contributed by atoms with van der Waals surface area (Å²) in [6, 6.07) is 11.5. The number of rotatable bonds is 8. The van der Waals surface area contributed by atoms with Gasteiger partial charge < -0.3 is 9.47 Å². The van der Waals surface area contributed by atoms with E-state index in [2.05, 4.69) is 15.9 Å². The van der Waals surface area contributed by atoms with E-state index in [-0.39, 0.29) is 36.6 Å². The van der Waals surface area contributed by atoms with Crippen LogP contribution in [0.3, 0.4) is 0 Å². The topological polar surface area (TPSA) is 99.0 Å². The molecule has 0 spiro atoms. The summed E-state index contributed by atoms with van der Waals surface area (Å²) in [5, 5.41) is 10.6. The van der Waals surface area contributed by atoms with E-state index in [1.165, 1.54) is 19.2 Å². The van der Waals surface area contributed by atoms with Crippen molar-refractivity contribution < 1.29 is 24.0 Å². The van der Waals surface area contributed by atoms with Gasteiger partial charge in [-0.15, -0.1) is 0 Å². The number of amides is 2. The Morgan fingerprint density at radius 2 is 2.03 bits per heavy atom.